The first-order chi connectivity index (χ1) is 6.56. The zero-order valence-electron chi connectivity index (χ0n) is 8.80. The lowest BCUT2D eigenvalue weighted by molar-refractivity contribution is 0.0991. The predicted octanol–water partition coefficient (Wildman–Crippen LogP) is 3.37. The largest absolute Gasteiger partial charge is 0.293 e. The average molecular weight is 211 g/mol. The monoisotopic (exact) mass is 210 g/mol. The second-order valence-electron chi connectivity index (χ2n) is 3.48. The Bertz CT molecular complexity index is 342. The summed E-state index contributed by atoms with van der Waals surface area (Å²) < 4.78 is 0. The zero-order chi connectivity index (χ0) is 10.7. The summed E-state index contributed by atoms with van der Waals surface area (Å²) in [6, 6.07) is 5.76. The molecule has 0 heterocycles. The van der Waals surface area contributed by atoms with Gasteiger partial charge in [-0.1, -0.05) is 19.1 Å². The number of hydrogen-bond donors (Lipinski definition) is 0. The molecule has 14 heavy (non-hydrogen) atoms. The maximum Gasteiger partial charge on any atom is 0.180 e. The van der Waals surface area contributed by atoms with Gasteiger partial charge in [0.2, 0.25) is 0 Å². The summed E-state index contributed by atoms with van der Waals surface area (Å²) in [6.07, 6.45) is 0.948. The molecule has 0 saturated heterocycles. The maximum atomic E-state index is 11.6. The third-order valence-electron chi connectivity index (χ3n) is 2.38. The zero-order valence-corrected chi connectivity index (χ0v) is 9.56. The molecule has 0 aromatic heterocycles. The molecule has 0 amide bonds. The molecule has 0 aliphatic rings. The van der Waals surface area contributed by atoms with Crippen LogP contribution in [0.4, 0.5) is 0 Å². The molecule has 1 rings (SSSR count). The van der Waals surface area contributed by atoms with E-state index >= 15 is 0 Å². The van der Waals surface area contributed by atoms with Crippen LogP contribution in [0.25, 0.3) is 0 Å². The highest BCUT2D eigenvalue weighted by atomic mass is 35.5. The van der Waals surface area contributed by atoms with Crippen LogP contribution in [-0.2, 0) is 6.42 Å². The molecule has 0 bridgehead atoms. The molecule has 0 aliphatic heterocycles. The number of alkyl halides is 1. The lowest BCUT2D eigenvalue weighted by Crippen LogP contribution is -2.10. The number of rotatable bonds is 3. The van der Waals surface area contributed by atoms with Gasteiger partial charge in [0, 0.05) is 5.56 Å². The Balaban J connectivity index is 3.06. The number of aryl methyl sites for hydroxylation is 2. The van der Waals surface area contributed by atoms with Crippen LogP contribution in [0.1, 0.15) is 35.3 Å². The fourth-order valence-electron chi connectivity index (χ4n) is 1.44. The predicted molar refractivity (Wildman–Crippen MR) is 60.2 cm³/mol. The Morgan fingerprint density at radius 1 is 1.50 bits per heavy atom. The standard InChI is InChI=1S/C12H15ClO/c1-4-10-7-11(6-5-8(10)2)12(14)9(3)13/h5-7,9H,4H2,1-3H3. The van der Waals surface area contributed by atoms with E-state index in [9.17, 15) is 4.79 Å². The van der Waals surface area contributed by atoms with E-state index in [1.807, 2.05) is 18.2 Å². The van der Waals surface area contributed by atoms with Crippen molar-refractivity contribution in [2.45, 2.75) is 32.6 Å². The van der Waals surface area contributed by atoms with E-state index in [0.29, 0.717) is 0 Å². The van der Waals surface area contributed by atoms with Crippen molar-refractivity contribution >= 4 is 17.4 Å². The third-order valence-corrected chi connectivity index (χ3v) is 2.57. The lowest BCUT2D eigenvalue weighted by atomic mass is 10.00. The second kappa shape index (κ2) is 4.61. The number of ketones is 1. The van der Waals surface area contributed by atoms with Crippen molar-refractivity contribution in [3.05, 3.63) is 34.9 Å². The molecule has 1 unspecified atom stereocenters. The highest BCUT2D eigenvalue weighted by Crippen LogP contribution is 2.14. The van der Waals surface area contributed by atoms with Gasteiger partial charge < -0.3 is 0 Å². The summed E-state index contributed by atoms with van der Waals surface area (Å²) in [5.41, 5.74) is 3.16. The average Bonchev–Trinajstić information content (AvgIpc) is 2.17. The van der Waals surface area contributed by atoms with Gasteiger partial charge >= 0.3 is 0 Å². The summed E-state index contributed by atoms with van der Waals surface area (Å²) in [5.74, 6) is 0.00127. The van der Waals surface area contributed by atoms with E-state index in [1.54, 1.807) is 6.92 Å². The quantitative estimate of drug-likeness (QED) is 0.552. The van der Waals surface area contributed by atoms with Crippen LogP contribution in [0.5, 0.6) is 0 Å². The topological polar surface area (TPSA) is 17.1 Å². The number of halogens is 1. The van der Waals surface area contributed by atoms with Crippen molar-refractivity contribution in [1.29, 1.82) is 0 Å². The first-order valence-electron chi connectivity index (χ1n) is 4.84. The molecular formula is C12H15ClO. The van der Waals surface area contributed by atoms with Crippen molar-refractivity contribution in [2.75, 3.05) is 0 Å². The van der Waals surface area contributed by atoms with Crippen LogP contribution in [-0.4, -0.2) is 11.2 Å². The van der Waals surface area contributed by atoms with Crippen molar-refractivity contribution < 1.29 is 4.79 Å². The van der Waals surface area contributed by atoms with Crippen LogP contribution < -0.4 is 0 Å². The van der Waals surface area contributed by atoms with Crippen molar-refractivity contribution in [1.82, 2.24) is 0 Å². The Hall–Kier alpha value is -0.820. The molecule has 1 nitrogen and oxygen atoms in total. The minimum Gasteiger partial charge on any atom is -0.293 e. The molecule has 1 aromatic carbocycles. The highest BCUT2D eigenvalue weighted by Gasteiger charge is 2.12. The maximum absolute atomic E-state index is 11.6. The molecule has 0 saturated carbocycles. The SMILES string of the molecule is CCc1cc(C(=O)C(C)Cl)ccc1C. The molecule has 0 radical (unpaired) electrons. The van der Waals surface area contributed by atoms with Crippen molar-refractivity contribution in [2.24, 2.45) is 0 Å². The molecule has 1 aromatic rings. The summed E-state index contributed by atoms with van der Waals surface area (Å²) in [7, 11) is 0. The number of hydrogen-bond acceptors (Lipinski definition) is 1. The Labute approximate surface area is 90.1 Å². The Morgan fingerprint density at radius 3 is 2.64 bits per heavy atom. The third kappa shape index (κ3) is 2.36. The number of benzene rings is 1. The van der Waals surface area contributed by atoms with E-state index in [2.05, 4.69) is 13.8 Å². The van der Waals surface area contributed by atoms with Gasteiger partial charge in [0.25, 0.3) is 0 Å². The van der Waals surface area contributed by atoms with Crippen LogP contribution in [0, 0.1) is 6.92 Å². The molecule has 0 fully saturated rings. The van der Waals surface area contributed by atoms with E-state index in [0.717, 1.165) is 12.0 Å². The van der Waals surface area contributed by atoms with E-state index in [1.165, 1.54) is 11.1 Å². The van der Waals surface area contributed by atoms with Gasteiger partial charge in [0.1, 0.15) is 0 Å². The first-order valence-corrected chi connectivity index (χ1v) is 5.27. The summed E-state index contributed by atoms with van der Waals surface area (Å²) >= 11 is 5.75. The molecular weight excluding hydrogens is 196 g/mol. The fourth-order valence-corrected chi connectivity index (χ4v) is 1.56. The Kier molecular flexibility index (Phi) is 3.70. The van der Waals surface area contributed by atoms with Gasteiger partial charge in [-0.05, 0) is 37.5 Å². The minimum atomic E-state index is -0.442. The summed E-state index contributed by atoms with van der Waals surface area (Å²) in [6.45, 7) is 5.84. The van der Waals surface area contributed by atoms with Crippen LogP contribution in [0.15, 0.2) is 18.2 Å². The van der Waals surface area contributed by atoms with Gasteiger partial charge in [0.15, 0.2) is 5.78 Å². The van der Waals surface area contributed by atoms with Crippen molar-refractivity contribution in [3.63, 3.8) is 0 Å². The molecule has 2 heteroatoms. The first kappa shape index (κ1) is 11.3. The van der Waals surface area contributed by atoms with Crippen molar-refractivity contribution in [3.8, 4) is 0 Å². The Morgan fingerprint density at radius 2 is 2.14 bits per heavy atom. The molecule has 1 atom stereocenters. The summed E-state index contributed by atoms with van der Waals surface area (Å²) in [5, 5.41) is -0.442. The number of carbonyl (C=O) groups excluding carboxylic acids is 1. The molecule has 0 aliphatic carbocycles. The van der Waals surface area contributed by atoms with Gasteiger partial charge in [-0.2, -0.15) is 0 Å². The fraction of sp³-hybridized carbons (Fsp3) is 0.417. The second-order valence-corrected chi connectivity index (χ2v) is 4.13. The summed E-state index contributed by atoms with van der Waals surface area (Å²) in [4.78, 5) is 11.6. The number of carbonyl (C=O) groups is 1. The van der Waals surface area contributed by atoms with Gasteiger partial charge in [-0.25, -0.2) is 0 Å². The van der Waals surface area contributed by atoms with Gasteiger partial charge in [0.05, 0.1) is 5.38 Å². The smallest absolute Gasteiger partial charge is 0.180 e. The lowest BCUT2D eigenvalue weighted by Gasteiger charge is -2.07. The highest BCUT2D eigenvalue weighted by molar-refractivity contribution is 6.33. The number of Topliss-reactive ketones (excluding diaryl/α,β-unsaturated/α-hetero) is 1. The normalized spacial score (nSPS) is 12.6. The van der Waals surface area contributed by atoms with E-state index in [-0.39, 0.29) is 5.78 Å². The molecule has 0 spiro atoms. The molecule has 76 valence electrons. The van der Waals surface area contributed by atoms with Crippen LogP contribution in [0.3, 0.4) is 0 Å². The van der Waals surface area contributed by atoms with Crippen LogP contribution >= 0.6 is 11.6 Å². The van der Waals surface area contributed by atoms with Crippen LogP contribution in [0.2, 0.25) is 0 Å². The van der Waals surface area contributed by atoms with Gasteiger partial charge in [-0.3, -0.25) is 4.79 Å². The van der Waals surface area contributed by atoms with E-state index in [4.69, 9.17) is 11.6 Å². The minimum absolute atomic E-state index is 0.00127. The molecule has 0 N–H and O–H groups in total. The van der Waals surface area contributed by atoms with Gasteiger partial charge in [-0.15, -0.1) is 11.6 Å². The van der Waals surface area contributed by atoms with E-state index < -0.39 is 5.38 Å².